The van der Waals surface area contributed by atoms with Gasteiger partial charge in [-0.2, -0.15) is 5.48 Å². The van der Waals surface area contributed by atoms with Gasteiger partial charge in [0.05, 0.1) is 13.2 Å². The fourth-order valence-corrected chi connectivity index (χ4v) is 1.21. The molecule has 0 fully saturated rings. The lowest BCUT2D eigenvalue weighted by Crippen LogP contribution is -2.27. The lowest BCUT2D eigenvalue weighted by molar-refractivity contribution is 0.0317. The summed E-state index contributed by atoms with van der Waals surface area (Å²) in [5, 5.41) is 0. The topological polar surface area (TPSA) is 56.8 Å². The molecule has 1 amide bonds. The Morgan fingerprint density at radius 1 is 1.42 bits per heavy atom. The van der Waals surface area contributed by atoms with Crippen molar-refractivity contribution in [1.82, 2.24) is 5.48 Å². The van der Waals surface area contributed by atoms with Crippen molar-refractivity contribution >= 4 is 6.09 Å². The zero-order valence-electron chi connectivity index (χ0n) is 11.2. The van der Waals surface area contributed by atoms with Crippen LogP contribution in [0.4, 0.5) is 4.79 Å². The SMILES string of the molecule is COc1cccc(C#CCONC(=O)OC(C)C)c1. The minimum absolute atomic E-state index is 0.0738. The molecule has 1 N–H and O–H groups in total. The molecule has 0 radical (unpaired) electrons. The highest BCUT2D eigenvalue weighted by Gasteiger charge is 2.02. The first-order chi connectivity index (χ1) is 9.11. The summed E-state index contributed by atoms with van der Waals surface area (Å²) in [6.45, 7) is 3.58. The maximum absolute atomic E-state index is 11.0. The number of hydrogen-bond acceptors (Lipinski definition) is 4. The van der Waals surface area contributed by atoms with Crippen molar-refractivity contribution in [3.63, 3.8) is 0 Å². The van der Waals surface area contributed by atoms with Crippen LogP contribution in [0.5, 0.6) is 5.75 Å². The number of carbonyl (C=O) groups is 1. The highest BCUT2D eigenvalue weighted by atomic mass is 16.7. The third-order valence-corrected chi connectivity index (χ3v) is 1.95. The highest BCUT2D eigenvalue weighted by Crippen LogP contribution is 2.11. The predicted octanol–water partition coefficient (Wildman–Crippen LogP) is 2.11. The molecule has 0 aromatic heterocycles. The number of rotatable bonds is 4. The Labute approximate surface area is 112 Å². The molecule has 0 saturated heterocycles. The number of nitrogens with one attached hydrogen (secondary N) is 1. The van der Waals surface area contributed by atoms with E-state index in [2.05, 4.69) is 17.3 Å². The molecule has 1 aromatic rings. The second-order valence-electron chi connectivity index (χ2n) is 3.88. The van der Waals surface area contributed by atoms with Crippen LogP contribution in [-0.4, -0.2) is 25.9 Å². The summed E-state index contributed by atoms with van der Waals surface area (Å²) in [4.78, 5) is 15.9. The summed E-state index contributed by atoms with van der Waals surface area (Å²) in [5.41, 5.74) is 2.95. The largest absolute Gasteiger partial charge is 0.497 e. The summed E-state index contributed by atoms with van der Waals surface area (Å²) in [6, 6.07) is 7.36. The Bertz CT molecular complexity index is 474. The quantitative estimate of drug-likeness (QED) is 0.513. The van der Waals surface area contributed by atoms with Crippen LogP contribution in [-0.2, 0) is 9.57 Å². The second kappa shape index (κ2) is 8.01. The van der Waals surface area contributed by atoms with Gasteiger partial charge in [-0.15, -0.1) is 0 Å². The Morgan fingerprint density at radius 2 is 2.21 bits per heavy atom. The van der Waals surface area contributed by atoms with E-state index in [0.29, 0.717) is 0 Å². The predicted molar refractivity (Wildman–Crippen MR) is 70.6 cm³/mol. The highest BCUT2D eigenvalue weighted by molar-refractivity contribution is 5.65. The minimum Gasteiger partial charge on any atom is -0.497 e. The molecule has 0 bridgehead atoms. The molecule has 0 saturated carbocycles. The van der Waals surface area contributed by atoms with Gasteiger partial charge in [-0.1, -0.05) is 17.9 Å². The summed E-state index contributed by atoms with van der Waals surface area (Å²) < 4.78 is 9.88. The third-order valence-electron chi connectivity index (χ3n) is 1.95. The Hall–Kier alpha value is -2.19. The van der Waals surface area contributed by atoms with Gasteiger partial charge in [0.25, 0.3) is 0 Å². The van der Waals surface area contributed by atoms with Gasteiger partial charge < -0.3 is 9.47 Å². The number of hydrogen-bond donors (Lipinski definition) is 1. The van der Waals surface area contributed by atoms with Gasteiger partial charge in [-0.05, 0) is 32.0 Å². The van der Waals surface area contributed by atoms with Crippen molar-refractivity contribution in [2.45, 2.75) is 20.0 Å². The van der Waals surface area contributed by atoms with Gasteiger partial charge in [0.1, 0.15) is 12.4 Å². The molecule has 0 spiro atoms. The molecule has 1 rings (SSSR count). The molecule has 19 heavy (non-hydrogen) atoms. The van der Waals surface area contributed by atoms with E-state index in [1.54, 1.807) is 21.0 Å². The van der Waals surface area contributed by atoms with E-state index in [9.17, 15) is 4.79 Å². The van der Waals surface area contributed by atoms with Gasteiger partial charge in [0.15, 0.2) is 0 Å². The van der Waals surface area contributed by atoms with Crippen LogP contribution in [0, 0.1) is 11.8 Å². The third kappa shape index (κ3) is 6.34. The first kappa shape index (κ1) is 14.9. The molecular weight excluding hydrogens is 246 g/mol. The van der Waals surface area contributed by atoms with Gasteiger partial charge in [0.2, 0.25) is 0 Å². The van der Waals surface area contributed by atoms with E-state index in [0.717, 1.165) is 11.3 Å². The Kier molecular flexibility index (Phi) is 6.27. The molecule has 0 aliphatic rings. The van der Waals surface area contributed by atoms with E-state index in [1.165, 1.54) is 0 Å². The van der Waals surface area contributed by atoms with Crippen LogP contribution in [0.3, 0.4) is 0 Å². The maximum atomic E-state index is 11.0. The summed E-state index contributed by atoms with van der Waals surface area (Å²) in [5.74, 6) is 6.39. The van der Waals surface area contributed by atoms with E-state index in [1.807, 2.05) is 24.3 Å². The zero-order chi connectivity index (χ0) is 14.1. The number of benzene rings is 1. The maximum Gasteiger partial charge on any atom is 0.431 e. The number of carbonyl (C=O) groups excluding carboxylic acids is 1. The summed E-state index contributed by atoms with van der Waals surface area (Å²) in [7, 11) is 1.60. The fourth-order valence-electron chi connectivity index (χ4n) is 1.21. The van der Waals surface area contributed by atoms with Gasteiger partial charge in [-0.25, -0.2) is 4.79 Å². The Morgan fingerprint density at radius 3 is 2.89 bits per heavy atom. The molecule has 102 valence electrons. The summed E-state index contributed by atoms with van der Waals surface area (Å²) >= 11 is 0. The van der Waals surface area contributed by atoms with Crippen LogP contribution < -0.4 is 10.2 Å². The van der Waals surface area contributed by atoms with E-state index < -0.39 is 6.09 Å². The molecule has 5 heteroatoms. The molecule has 0 aliphatic heterocycles. The van der Waals surface area contributed by atoms with Gasteiger partial charge in [-0.3, -0.25) is 4.84 Å². The van der Waals surface area contributed by atoms with Crippen molar-refractivity contribution in [2.75, 3.05) is 13.7 Å². The molecule has 0 heterocycles. The fraction of sp³-hybridized carbons (Fsp3) is 0.357. The molecule has 5 nitrogen and oxygen atoms in total. The number of ether oxygens (including phenoxy) is 2. The van der Waals surface area contributed by atoms with Crippen LogP contribution in [0.25, 0.3) is 0 Å². The van der Waals surface area contributed by atoms with Crippen molar-refractivity contribution in [3.8, 4) is 17.6 Å². The van der Waals surface area contributed by atoms with Crippen molar-refractivity contribution in [2.24, 2.45) is 0 Å². The first-order valence-electron chi connectivity index (χ1n) is 5.83. The standard InChI is InChI=1S/C14H17NO4/c1-11(2)19-14(16)15-18-9-5-7-12-6-4-8-13(10-12)17-3/h4,6,8,10-11H,9H2,1-3H3,(H,15,16). The molecule has 0 atom stereocenters. The monoisotopic (exact) mass is 263 g/mol. The first-order valence-corrected chi connectivity index (χ1v) is 5.83. The van der Waals surface area contributed by atoms with Gasteiger partial charge >= 0.3 is 6.09 Å². The van der Waals surface area contributed by atoms with Crippen LogP contribution in [0.1, 0.15) is 19.4 Å². The zero-order valence-corrected chi connectivity index (χ0v) is 11.2. The molecule has 0 unspecified atom stereocenters. The van der Waals surface area contributed by atoms with Crippen molar-refractivity contribution in [1.29, 1.82) is 0 Å². The van der Waals surface area contributed by atoms with Crippen molar-refractivity contribution < 1.29 is 19.1 Å². The van der Waals surface area contributed by atoms with Crippen molar-refractivity contribution in [3.05, 3.63) is 29.8 Å². The second-order valence-corrected chi connectivity index (χ2v) is 3.88. The van der Waals surface area contributed by atoms with Crippen LogP contribution in [0.2, 0.25) is 0 Å². The summed E-state index contributed by atoms with van der Waals surface area (Å²) in [6.07, 6.45) is -0.815. The minimum atomic E-state index is -0.627. The van der Waals surface area contributed by atoms with E-state index in [-0.39, 0.29) is 12.7 Å². The number of hydroxylamine groups is 1. The van der Waals surface area contributed by atoms with Gasteiger partial charge in [0, 0.05) is 5.56 Å². The number of amides is 1. The average molecular weight is 263 g/mol. The van der Waals surface area contributed by atoms with Crippen LogP contribution >= 0.6 is 0 Å². The molecule has 0 aliphatic carbocycles. The average Bonchev–Trinajstić information content (AvgIpc) is 2.37. The lowest BCUT2D eigenvalue weighted by Gasteiger charge is -2.07. The van der Waals surface area contributed by atoms with Crippen LogP contribution in [0.15, 0.2) is 24.3 Å². The molecular formula is C14H17NO4. The smallest absolute Gasteiger partial charge is 0.431 e. The van der Waals surface area contributed by atoms with E-state index in [4.69, 9.17) is 14.3 Å². The molecule has 1 aromatic carbocycles. The lowest BCUT2D eigenvalue weighted by atomic mass is 10.2. The number of methoxy groups -OCH3 is 1. The Balaban J connectivity index is 2.33. The van der Waals surface area contributed by atoms with E-state index >= 15 is 0 Å². The normalized spacial score (nSPS) is 9.47.